The quantitative estimate of drug-likeness (QED) is 0.783. The minimum atomic E-state index is -0.0958. The summed E-state index contributed by atoms with van der Waals surface area (Å²) in [6, 6.07) is 8.31. The Morgan fingerprint density at radius 1 is 1.20 bits per heavy atom. The molecular weight excluding hydrogens is 357 g/mol. The topological polar surface area (TPSA) is 58.4 Å². The van der Waals surface area contributed by atoms with Crippen LogP contribution in [0, 0.1) is 11.8 Å². The summed E-state index contributed by atoms with van der Waals surface area (Å²) in [4.78, 5) is 14.4. The molecule has 1 aromatic carbocycles. The lowest BCUT2D eigenvalue weighted by Crippen LogP contribution is -2.38. The third-order valence-electron chi connectivity index (χ3n) is 4.44. The fourth-order valence-electron chi connectivity index (χ4n) is 3.60. The maximum Gasteiger partial charge on any atom is 0.221 e. The maximum atomic E-state index is 11.8. The number of halogens is 2. The number of nitrogens with one attached hydrogen (secondary N) is 1. The smallest absolute Gasteiger partial charge is 0.221 e. The predicted molar refractivity (Wildman–Crippen MR) is 109 cm³/mol. The van der Waals surface area contributed by atoms with Crippen molar-refractivity contribution < 1.29 is 4.79 Å². The highest BCUT2D eigenvalue weighted by Crippen LogP contribution is 2.23. The molecule has 144 valence electrons. The Labute approximate surface area is 164 Å². The van der Waals surface area contributed by atoms with E-state index in [0.717, 1.165) is 31.5 Å². The summed E-state index contributed by atoms with van der Waals surface area (Å²) < 4.78 is 0. The average molecular weight is 390 g/mol. The number of carbonyl (C=O) groups is 1. The minimum absolute atomic E-state index is 0. The largest absolute Gasteiger partial charge is 0.352 e. The van der Waals surface area contributed by atoms with Crippen molar-refractivity contribution in [2.24, 2.45) is 17.6 Å². The van der Waals surface area contributed by atoms with Gasteiger partial charge in [-0.15, -0.1) is 24.8 Å². The molecule has 1 aliphatic heterocycles. The normalized spacial score (nSPS) is 21.6. The number of likely N-dealkylation sites (tertiary alicyclic amines) is 1. The van der Waals surface area contributed by atoms with Crippen LogP contribution in [-0.2, 0) is 17.9 Å². The molecule has 4 nitrogen and oxygen atoms in total. The summed E-state index contributed by atoms with van der Waals surface area (Å²) in [5.74, 6) is 1.54. The lowest BCUT2D eigenvalue weighted by atomic mass is 9.91. The Balaban J connectivity index is 0.00000288. The standard InChI is InChI=1S/C19H31N3O.2ClH/c1-14-8-15(2)12-22(11-14)13-18-7-5-4-6-17(18)10-21-19(23)9-16(3)20;;/h4-7,14-16H,8-13,20H2,1-3H3,(H,21,23);2*1H. The number of nitrogens with zero attached hydrogens (tertiary/aromatic N) is 1. The van der Waals surface area contributed by atoms with Crippen molar-refractivity contribution >= 4 is 30.7 Å². The first kappa shape index (κ1) is 24.2. The van der Waals surface area contributed by atoms with Crippen LogP contribution in [0.25, 0.3) is 0 Å². The molecule has 2 rings (SSSR count). The van der Waals surface area contributed by atoms with Crippen molar-refractivity contribution in [3.8, 4) is 0 Å². The molecule has 3 unspecified atom stereocenters. The monoisotopic (exact) mass is 389 g/mol. The lowest BCUT2D eigenvalue weighted by molar-refractivity contribution is -0.121. The van der Waals surface area contributed by atoms with Crippen molar-refractivity contribution in [2.45, 2.75) is 52.7 Å². The summed E-state index contributed by atoms with van der Waals surface area (Å²) in [6.45, 7) is 10.4. The van der Waals surface area contributed by atoms with Crippen molar-refractivity contribution in [2.75, 3.05) is 13.1 Å². The van der Waals surface area contributed by atoms with Crippen LogP contribution in [0.1, 0.15) is 44.7 Å². The predicted octanol–water partition coefficient (Wildman–Crippen LogP) is 3.36. The van der Waals surface area contributed by atoms with E-state index in [-0.39, 0.29) is 36.8 Å². The van der Waals surface area contributed by atoms with Crippen LogP contribution in [0.15, 0.2) is 24.3 Å². The third kappa shape index (κ3) is 8.41. The van der Waals surface area contributed by atoms with E-state index in [4.69, 9.17) is 5.73 Å². The van der Waals surface area contributed by atoms with E-state index in [1.54, 1.807) is 0 Å². The van der Waals surface area contributed by atoms with Gasteiger partial charge in [-0.3, -0.25) is 9.69 Å². The first-order valence-electron chi connectivity index (χ1n) is 8.75. The maximum absolute atomic E-state index is 11.8. The zero-order valence-corrected chi connectivity index (χ0v) is 17.2. The highest BCUT2D eigenvalue weighted by molar-refractivity contribution is 5.85. The Hall–Kier alpha value is -0.810. The Morgan fingerprint density at radius 2 is 1.76 bits per heavy atom. The van der Waals surface area contributed by atoms with Gasteiger partial charge in [0.1, 0.15) is 0 Å². The molecule has 1 aromatic rings. The number of carbonyl (C=O) groups excluding carboxylic acids is 1. The molecule has 1 fully saturated rings. The second kappa shape index (κ2) is 11.7. The molecule has 0 radical (unpaired) electrons. The lowest BCUT2D eigenvalue weighted by Gasteiger charge is -2.35. The van der Waals surface area contributed by atoms with Gasteiger partial charge in [0.05, 0.1) is 0 Å². The first-order chi connectivity index (χ1) is 10.9. The van der Waals surface area contributed by atoms with Gasteiger partial charge < -0.3 is 11.1 Å². The van der Waals surface area contributed by atoms with E-state index < -0.39 is 0 Å². The average Bonchev–Trinajstić information content (AvgIpc) is 2.44. The summed E-state index contributed by atoms with van der Waals surface area (Å²) in [5, 5.41) is 2.99. The SMILES string of the molecule is CC(N)CC(=O)NCc1ccccc1CN1CC(C)CC(C)C1.Cl.Cl. The van der Waals surface area contributed by atoms with Gasteiger partial charge in [-0.25, -0.2) is 0 Å². The van der Waals surface area contributed by atoms with Crippen LogP contribution in [-0.4, -0.2) is 29.9 Å². The summed E-state index contributed by atoms with van der Waals surface area (Å²) in [6.07, 6.45) is 1.70. The highest BCUT2D eigenvalue weighted by Gasteiger charge is 2.22. The van der Waals surface area contributed by atoms with Gasteiger partial charge in [-0.05, 0) is 36.3 Å². The third-order valence-corrected chi connectivity index (χ3v) is 4.44. The van der Waals surface area contributed by atoms with Gasteiger partial charge in [0.15, 0.2) is 0 Å². The van der Waals surface area contributed by atoms with Gasteiger partial charge in [0.25, 0.3) is 0 Å². The molecule has 3 atom stereocenters. The zero-order valence-electron chi connectivity index (χ0n) is 15.5. The molecule has 1 saturated heterocycles. The van der Waals surface area contributed by atoms with Crippen LogP contribution < -0.4 is 11.1 Å². The van der Waals surface area contributed by atoms with Crippen LogP contribution in [0.3, 0.4) is 0 Å². The van der Waals surface area contributed by atoms with Crippen molar-refractivity contribution in [3.05, 3.63) is 35.4 Å². The Morgan fingerprint density at radius 3 is 2.32 bits per heavy atom. The van der Waals surface area contributed by atoms with E-state index in [2.05, 4.69) is 42.3 Å². The molecule has 1 amide bonds. The molecule has 1 aliphatic rings. The molecule has 0 spiro atoms. The molecule has 1 heterocycles. The second-order valence-corrected chi connectivity index (χ2v) is 7.37. The highest BCUT2D eigenvalue weighted by atomic mass is 35.5. The van der Waals surface area contributed by atoms with Crippen LogP contribution in [0.4, 0.5) is 0 Å². The molecule has 3 N–H and O–H groups in total. The molecule has 0 aromatic heterocycles. The summed E-state index contributed by atoms with van der Waals surface area (Å²) in [5.41, 5.74) is 8.19. The van der Waals surface area contributed by atoms with Crippen LogP contribution in [0.5, 0.6) is 0 Å². The van der Waals surface area contributed by atoms with E-state index in [1.165, 1.54) is 17.5 Å². The van der Waals surface area contributed by atoms with Gasteiger partial charge >= 0.3 is 0 Å². The van der Waals surface area contributed by atoms with Gasteiger partial charge in [0.2, 0.25) is 5.91 Å². The molecule has 0 bridgehead atoms. The number of hydrogen-bond acceptors (Lipinski definition) is 3. The van der Waals surface area contributed by atoms with Crippen LogP contribution in [0.2, 0.25) is 0 Å². The zero-order chi connectivity index (χ0) is 16.8. The summed E-state index contributed by atoms with van der Waals surface area (Å²) >= 11 is 0. The molecule has 25 heavy (non-hydrogen) atoms. The van der Waals surface area contributed by atoms with Gasteiger partial charge in [-0.1, -0.05) is 38.1 Å². The van der Waals surface area contributed by atoms with Gasteiger partial charge in [-0.2, -0.15) is 0 Å². The van der Waals surface area contributed by atoms with E-state index in [0.29, 0.717) is 13.0 Å². The van der Waals surface area contributed by atoms with E-state index >= 15 is 0 Å². The fourth-order valence-corrected chi connectivity index (χ4v) is 3.60. The first-order valence-corrected chi connectivity index (χ1v) is 8.75. The molecule has 0 aliphatic carbocycles. The number of benzene rings is 1. The molecular formula is C19H33Cl2N3O. The van der Waals surface area contributed by atoms with Gasteiger partial charge in [0, 0.05) is 38.6 Å². The summed E-state index contributed by atoms with van der Waals surface area (Å²) in [7, 11) is 0. The number of nitrogens with two attached hydrogens (primary N) is 1. The Kier molecular flexibility index (Phi) is 11.4. The Bertz CT molecular complexity index is 515. The van der Waals surface area contributed by atoms with Crippen molar-refractivity contribution in [1.82, 2.24) is 10.2 Å². The minimum Gasteiger partial charge on any atom is -0.352 e. The van der Waals surface area contributed by atoms with Crippen molar-refractivity contribution in [1.29, 1.82) is 0 Å². The second-order valence-electron chi connectivity index (χ2n) is 7.37. The van der Waals surface area contributed by atoms with E-state index in [9.17, 15) is 4.79 Å². The number of hydrogen-bond donors (Lipinski definition) is 2. The van der Waals surface area contributed by atoms with E-state index in [1.807, 2.05) is 13.0 Å². The number of rotatable bonds is 6. The number of piperidine rings is 1. The van der Waals surface area contributed by atoms with Crippen LogP contribution >= 0.6 is 24.8 Å². The number of amides is 1. The molecule has 6 heteroatoms. The molecule has 0 saturated carbocycles. The van der Waals surface area contributed by atoms with Crippen molar-refractivity contribution in [3.63, 3.8) is 0 Å². The fraction of sp³-hybridized carbons (Fsp3) is 0.632.